The van der Waals surface area contributed by atoms with Gasteiger partial charge in [0.25, 0.3) is 0 Å². The van der Waals surface area contributed by atoms with Gasteiger partial charge in [-0.25, -0.2) is 0 Å². The number of rotatable bonds is 5. The maximum atomic E-state index is 5.81. The molecule has 4 heteroatoms. The van der Waals surface area contributed by atoms with Crippen LogP contribution in [0.25, 0.3) is 0 Å². The van der Waals surface area contributed by atoms with Crippen LogP contribution in [-0.2, 0) is 12.8 Å². The quantitative estimate of drug-likeness (QED) is 0.916. The first-order chi connectivity index (χ1) is 10.3. The second-order valence-electron chi connectivity index (χ2n) is 5.92. The van der Waals surface area contributed by atoms with Crippen LogP contribution in [0.15, 0.2) is 28.8 Å². The van der Waals surface area contributed by atoms with E-state index in [0.717, 1.165) is 37.9 Å². The van der Waals surface area contributed by atoms with E-state index < -0.39 is 0 Å². The maximum absolute atomic E-state index is 5.81. The minimum atomic E-state index is 0.201. The van der Waals surface area contributed by atoms with E-state index in [1.807, 2.05) is 0 Å². The first-order valence-corrected chi connectivity index (χ1v) is 7.92. The van der Waals surface area contributed by atoms with Gasteiger partial charge in [-0.3, -0.25) is 0 Å². The predicted molar refractivity (Wildman–Crippen MR) is 82.2 cm³/mol. The Morgan fingerprint density at radius 3 is 2.90 bits per heavy atom. The molecule has 1 heterocycles. The minimum absolute atomic E-state index is 0.201. The summed E-state index contributed by atoms with van der Waals surface area (Å²) >= 11 is 0. The van der Waals surface area contributed by atoms with Crippen LogP contribution < -0.4 is 5.73 Å². The first-order valence-electron chi connectivity index (χ1n) is 7.92. The lowest BCUT2D eigenvalue weighted by atomic mass is 9.83. The Kier molecular flexibility index (Phi) is 4.34. The highest BCUT2D eigenvalue weighted by atomic mass is 16.5. The largest absolute Gasteiger partial charge is 0.339 e. The summed E-state index contributed by atoms with van der Waals surface area (Å²) in [6, 6.07) is 8.65. The van der Waals surface area contributed by atoms with E-state index in [1.54, 1.807) is 0 Å². The van der Waals surface area contributed by atoms with Gasteiger partial charge < -0.3 is 10.3 Å². The second kappa shape index (κ2) is 6.39. The van der Waals surface area contributed by atoms with Gasteiger partial charge in [-0.05, 0) is 36.8 Å². The van der Waals surface area contributed by atoms with Crippen molar-refractivity contribution < 1.29 is 4.52 Å². The molecular weight excluding hydrogens is 262 g/mol. The zero-order valence-corrected chi connectivity index (χ0v) is 12.6. The molecule has 1 aromatic carbocycles. The van der Waals surface area contributed by atoms with Gasteiger partial charge in [0.05, 0.1) is 5.92 Å². The summed E-state index contributed by atoms with van der Waals surface area (Å²) < 4.78 is 5.47. The fraction of sp³-hybridized carbons (Fsp3) is 0.529. The molecule has 1 aliphatic rings. The Hall–Kier alpha value is -1.68. The number of hydrogen-bond acceptors (Lipinski definition) is 4. The van der Waals surface area contributed by atoms with Gasteiger partial charge in [0.15, 0.2) is 5.82 Å². The molecule has 3 rings (SSSR count). The number of benzene rings is 1. The molecule has 0 bridgehead atoms. The lowest BCUT2D eigenvalue weighted by Gasteiger charge is -2.21. The Labute approximate surface area is 125 Å². The predicted octanol–water partition coefficient (Wildman–Crippen LogP) is 3.18. The molecule has 2 N–H and O–H groups in total. The zero-order valence-electron chi connectivity index (χ0n) is 12.6. The van der Waals surface area contributed by atoms with Crippen LogP contribution in [0.3, 0.4) is 0 Å². The van der Waals surface area contributed by atoms with Crippen LogP contribution in [0.2, 0.25) is 0 Å². The van der Waals surface area contributed by atoms with Crippen molar-refractivity contribution in [1.82, 2.24) is 10.1 Å². The average Bonchev–Trinajstić information content (AvgIpc) is 3.02. The lowest BCUT2D eigenvalue weighted by Crippen LogP contribution is -2.15. The van der Waals surface area contributed by atoms with Crippen molar-refractivity contribution in [3.05, 3.63) is 47.1 Å². The third-order valence-electron chi connectivity index (χ3n) is 4.44. The number of aryl methyl sites for hydroxylation is 1. The van der Waals surface area contributed by atoms with Gasteiger partial charge in [-0.15, -0.1) is 0 Å². The van der Waals surface area contributed by atoms with Crippen molar-refractivity contribution in [2.45, 2.75) is 50.9 Å². The minimum Gasteiger partial charge on any atom is -0.339 e. The summed E-state index contributed by atoms with van der Waals surface area (Å²) in [6.45, 7) is 2.72. The van der Waals surface area contributed by atoms with Crippen LogP contribution in [0.1, 0.15) is 60.9 Å². The van der Waals surface area contributed by atoms with Crippen molar-refractivity contribution in [1.29, 1.82) is 0 Å². The maximum Gasteiger partial charge on any atom is 0.231 e. The monoisotopic (exact) mass is 285 g/mol. The molecule has 1 aliphatic carbocycles. The summed E-state index contributed by atoms with van der Waals surface area (Å²) in [5.41, 5.74) is 8.70. The molecule has 0 saturated carbocycles. The molecule has 0 spiro atoms. The SMILES string of the molecule is CCCC(CN)c1nc(C2CCc3ccccc3C2)no1. The molecule has 0 saturated heterocycles. The molecule has 2 unspecified atom stereocenters. The van der Waals surface area contributed by atoms with Gasteiger partial charge in [0, 0.05) is 12.5 Å². The first kappa shape index (κ1) is 14.3. The molecule has 112 valence electrons. The van der Waals surface area contributed by atoms with Gasteiger partial charge in [0.1, 0.15) is 0 Å². The standard InChI is InChI=1S/C17H23N3O/c1-2-5-15(11-18)17-19-16(20-21-17)14-9-8-12-6-3-4-7-13(12)10-14/h3-4,6-7,14-15H,2,5,8-11,18H2,1H3. The third-order valence-corrected chi connectivity index (χ3v) is 4.44. The number of fused-ring (bicyclic) bond motifs is 1. The molecule has 0 aliphatic heterocycles. The molecule has 0 radical (unpaired) electrons. The number of aromatic nitrogens is 2. The van der Waals surface area contributed by atoms with Gasteiger partial charge in [0.2, 0.25) is 5.89 Å². The highest BCUT2D eigenvalue weighted by Gasteiger charge is 2.25. The average molecular weight is 285 g/mol. The van der Waals surface area contributed by atoms with Crippen LogP contribution in [0.4, 0.5) is 0 Å². The van der Waals surface area contributed by atoms with E-state index in [2.05, 4.69) is 41.3 Å². The number of nitrogens with two attached hydrogens (primary N) is 1. The summed E-state index contributed by atoms with van der Waals surface area (Å²) in [6.07, 6.45) is 5.29. The van der Waals surface area contributed by atoms with E-state index in [1.165, 1.54) is 11.1 Å². The Morgan fingerprint density at radius 1 is 1.33 bits per heavy atom. The zero-order chi connectivity index (χ0) is 14.7. The Morgan fingerprint density at radius 2 is 2.14 bits per heavy atom. The van der Waals surface area contributed by atoms with Crippen LogP contribution in [0, 0.1) is 0 Å². The van der Waals surface area contributed by atoms with Crippen LogP contribution in [-0.4, -0.2) is 16.7 Å². The van der Waals surface area contributed by atoms with E-state index in [9.17, 15) is 0 Å². The lowest BCUT2D eigenvalue weighted by molar-refractivity contribution is 0.340. The fourth-order valence-electron chi connectivity index (χ4n) is 3.19. The van der Waals surface area contributed by atoms with Crippen molar-refractivity contribution in [3.63, 3.8) is 0 Å². The fourth-order valence-corrected chi connectivity index (χ4v) is 3.19. The van der Waals surface area contributed by atoms with Gasteiger partial charge >= 0.3 is 0 Å². The molecule has 4 nitrogen and oxygen atoms in total. The van der Waals surface area contributed by atoms with Crippen LogP contribution >= 0.6 is 0 Å². The van der Waals surface area contributed by atoms with Crippen molar-refractivity contribution in [2.24, 2.45) is 5.73 Å². The van der Waals surface area contributed by atoms with E-state index >= 15 is 0 Å². The highest BCUT2D eigenvalue weighted by molar-refractivity contribution is 5.31. The number of nitrogens with zero attached hydrogens (tertiary/aromatic N) is 2. The Balaban J connectivity index is 1.75. The smallest absolute Gasteiger partial charge is 0.231 e. The van der Waals surface area contributed by atoms with Crippen molar-refractivity contribution in [3.8, 4) is 0 Å². The summed E-state index contributed by atoms with van der Waals surface area (Å²) in [5, 5.41) is 4.22. The molecule has 21 heavy (non-hydrogen) atoms. The third kappa shape index (κ3) is 3.00. The number of hydrogen-bond donors (Lipinski definition) is 1. The normalized spacial score (nSPS) is 19.2. The topological polar surface area (TPSA) is 64.9 Å². The van der Waals surface area contributed by atoms with E-state index in [-0.39, 0.29) is 5.92 Å². The van der Waals surface area contributed by atoms with E-state index in [4.69, 9.17) is 10.3 Å². The molecule has 0 fully saturated rings. The van der Waals surface area contributed by atoms with E-state index in [0.29, 0.717) is 18.4 Å². The highest BCUT2D eigenvalue weighted by Crippen LogP contribution is 2.32. The van der Waals surface area contributed by atoms with Gasteiger partial charge in [-0.1, -0.05) is 42.8 Å². The van der Waals surface area contributed by atoms with Crippen molar-refractivity contribution >= 4 is 0 Å². The summed E-state index contributed by atoms with van der Waals surface area (Å²) in [7, 11) is 0. The Bertz CT molecular complexity index is 593. The molecule has 1 aromatic heterocycles. The summed E-state index contributed by atoms with van der Waals surface area (Å²) in [4.78, 5) is 4.64. The van der Waals surface area contributed by atoms with Crippen LogP contribution in [0.5, 0.6) is 0 Å². The molecule has 2 aromatic rings. The second-order valence-corrected chi connectivity index (χ2v) is 5.92. The van der Waals surface area contributed by atoms with Crippen molar-refractivity contribution in [2.75, 3.05) is 6.54 Å². The summed E-state index contributed by atoms with van der Waals surface area (Å²) in [5.74, 6) is 2.15. The molecular formula is C17H23N3O. The molecule has 2 atom stereocenters. The van der Waals surface area contributed by atoms with Gasteiger partial charge in [-0.2, -0.15) is 4.98 Å². The molecule has 0 amide bonds.